The topological polar surface area (TPSA) is 95.7 Å². The summed E-state index contributed by atoms with van der Waals surface area (Å²) in [7, 11) is 0. The molecule has 2 saturated heterocycles. The molecule has 2 aliphatic rings. The number of carbonyl (C=O) groups excluding carboxylic acids is 2. The predicted molar refractivity (Wildman–Crippen MR) is 115 cm³/mol. The third-order valence-corrected chi connectivity index (χ3v) is 6.15. The minimum atomic E-state index is -0.190. The van der Waals surface area contributed by atoms with Gasteiger partial charge in [0, 0.05) is 62.7 Å². The molecule has 3 aromatic heterocycles. The van der Waals surface area contributed by atoms with Crippen molar-refractivity contribution in [2.24, 2.45) is 5.92 Å². The van der Waals surface area contributed by atoms with Gasteiger partial charge in [-0.05, 0) is 37.5 Å². The second-order valence-corrected chi connectivity index (χ2v) is 8.17. The zero-order valence-electron chi connectivity index (χ0n) is 17.2. The van der Waals surface area contributed by atoms with Crippen molar-refractivity contribution in [3.05, 3.63) is 54.9 Å². The van der Waals surface area contributed by atoms with Gasteiger partial charge in [0.25, 0.3) is 5.91 Å². The highest BCUT2D eigenvalue weighted by atomic mass is 16.2. The van der Waals surface area contributed by atoms with Crippen LogP contribution in [0.3, 0.4) is 0 Å². The molecule has 9 nitrogen and oxygen atoms in total. The molecule has 2 fully saturated rings. The van der Waals surface area contributed by atoms with Crippen molar-refractivity contribution in [1.82, 2.24) is 29.6 Å². The molecular weight excluding hydrogens is 394 g/mol. The zero-order chi connectivity index (χ0) is 21.2. The Labute approximate surface area is 180 Å². The van der Waals surface area contributed by atoms with Gasteiger partial charge >= 0.3 is 0 Å². The maximum absolute atomic E-state index is 13.2. The Morgan fingerprint density at radius 3 is 2.77 bits per heavy atom. The first-order chi connectivity index (χ1) is 15.2. The number of hydrogen-bond acceptors (Lipinski definition) is 6. The molecule has 9 heteroatoms. The summed E-state index contributed by atoms with van der Waals surface area (Å²) in [5, 5.41) is 3.08. The largest absolute Gasteiger partial charge is 0.371 e. The molecule has 0 aromatic carbocycles. The number of aromatic nitrogens is 4. The van der Waals surface area contributed by atoms with Crippen LogP contribution < -0.4 is 10.2 Å². The summed E-state index contributed by atoms with van der Waals surface area (Å²) in [5.74, 6) is 0.486. The van der Waals surface area contributed by atoms with Gasteiger partial charge in [0.05, 0.1) is 12.1 Å². The molecule has 160 valence electrons. The zero-order valence-corrected chi connectivity index (χ0v) is 17.2. The highest BCUT2D eigenvalue weighted by Gasteiger charge is 2.34. The molecule has 2 unspecified atom stereocenters. The van der Waals surface area contributed by atoms with E-state index in [2.05, 4.69) is 25.2 Å². The second kappa shape index (κ2) is 8.33. The molecule has 2 atom stereocenters. The number of carbonyl (C=O) groups is 2. The lowest BCUT2D eigenvalue weighted by Crippen LogP contribution is -2.51. The number of rotatable bonds is 4. The van der Waals surface area contributed by atoms with Gasteiger partial charge in [0.1, 0.15) is 5.69 Å². The lowest BCUT2D eigenvalue weighted by molar-refractivity contribution is -0.136. The molecule has 0 bridgehead atoms. The van der Waals surface area contributed by atoms with Gasteiger partial charge in [-0.3, -0.25) is 19.0 Å². The van der Waals surface area contributed by atoms with E-state index in [0.29, 0.717) is 18.0 Å². The Kier molecular flexibility index (Phi) is 5.23. The van der Waals surface area contributed by atoms with Gasteiger partial charge in [0.2, 0.25) is 11.7 Å². The Morgan fingerprint density at radius 2 is 1.90 bits per heavy atom. The van der Waals surface area contributed by atoms with Gasteiger partial charge in [-0.15, -0.1) is 0 Å². The molecule has 0 spiro atoms. The number of imidazole rings is 1. The van der Waals surface area contributed by atoms with Crippen LogP contribution in [0.2, 0.25) is 0 Å². The number of piperidine rings is 1. The van der Waals surface area contributed by atoms with Crippen molar-refractivity contribution in [2.45, 2.75) is 25.3 Å². The van der Waals surface area contributed by atoms with E-state index in [1.807, 2.05) is 17.0 Å². The number of nitrogens with one attached hydrogen (secondary N) is 1. The molecule has 5 heterocycles. The summed E-state index contributed by atoms with van der Waals surface area (Å²) in [5.41, 5.74) is 1.56. The van der Waals surface area contributed by atoms with Gasteiger partial charge < -0.3 is 15.1 Å². The lowest BCUT2D eigenvalue weighted by Gasteiger charge is -2.34. The lowest BCUT2D eigenvalue weighted by atomic mass is 10.0. The van der Waals surface area contributed by atoms with Crippen molar-refractivity contribution < 1.29 is 9.59 Å². The van der Waals surface area contributed by atoms with Gasteiger partial charge in [-0.1, -0.05) is 0 Å². The van der Waals surface area contributed by atoms with Crippen LogP contribution in [0, 0.1) is 5.92 Å². The van der Waals surface area contributed by atoms with E-state index in [4.69, 9.17) is 0 Å². The van der Waals surface area contributed by atoms with E-state index in [1.54, 1.807) is 35.3 Å². The number of fused-ring (bicyclic) bond motifs is 1. The fourth-order valence-corrected chi connectivity index (χ4v) is 4.56. The maximum atomic E-state index is 13.2. The van der Waals surface area contributed by atoms with E-state index in [1.165, 1.54) is 6.20 Å². The molecule has 1 N–H and O–H groups in total. The highest BCUT2D eigenvalue weighted by molar-refractivity contribution is 5.93. The number of anilines is 1. The molecule has 5 rings (SSSR count). The average Bonchev–Trinajstić information content (AvgIpc) is 3.47. The Balaban J connectivity index is 1.20. The standard InChI is InChI=1S/C22H25N7O2/c30-20(19-13-25-22-24-7-2-11-29(19)22)26-17-3-1-10-28(15-17)21(31)16-6-12-27(14-16)18-4-8-23-9-5-18/h2,4-5,7-9,11,13,16-17H,1,3,6,10,12,14-15H2,(H,26,30). The van der Waals surface area contributed by atoms with E-state index in [9.17, 15) is 9.59 Å². The number of pyridine rings is 1. The van der Waals surface area contributed by atoms with E-state index < -0.39 is 0 Å². The highest BCUT2D eigenvalue weighted by Crippen LogP contribution is 2.25. The van der Waals surface area contributed by atoms with Crippen LogP contribution in [0.1, 0.15) is 29.8 Å². The molecular formula is C22H25N7O2. The number of hydrogen-bond donors (Lipinski definition) is 1. The molecule has 0 aliphatic carbocycles. The van der Waals surface area contributed by atoms with E-state index >= 15 is 0 Å². The quantitative estimate of drug-likeness (QED) is 0.686. The summed E-state index contributed by atoms with van der Waals surface area (Å²) in [4.78, 5) is 42.5. The molecule has 0 radical (unpaired) electrons. The third kappa shape index (κ3) is 3.95. The monoisotopic (exact) mass is 419 g/mol. The fourth-order valence-electron chi connectivity index (χ4n) is 4.56. The van der Waals surface area contributed by atoms with Crippen LogP contribution in [-0.4, -0.2) is 68.3 Å². The summed E-state index contributed by atoms with van der Waals surface area (Å²) >= 11 is 0. The molecule has 3 aromatic rings. The summed E-state index contributed by atoms with van der Waals surface area (Å²) in [6, 6.07) is 5.66. The van der Waals surface area contributed by atoms with Crippen LogP contribution in [-0.2, 0) is 4.79 Å². The molecule has 31 heavy (non-hydrogen) atoms. The first-order valence-electron chi connectivity index (χ1n) is 10.7. The SMILES string of the molecule is O=C(NC1CCCN(C(=O)C2CCN(c3ccncc3)C2)C1)c1cnc2ncccn12. The first kappa shape index (κ1) is 19.5. The van der Waals surface area contributed by atoms with Crippen LogP contribution in [0.4, 0.5) is 5.69 Å². The molecule has 2 aliphatic heterocycles. The molecule has 0 saturated carbocycles. The van der Waals surface area contributed by atoms with Crippen molar-refractivity contribution in [2.75, 3.05) is 31.1 Å². The number of likely N-dealkylation sites (tertiary alicyclic amines) is 1. The third-order valence-electron chi connectivity index (χ3n) is 6.15. The second-order valence-electron chi connectivity index (χ2n) is 8.17. The van der Waals surface area contributed by atoms with Crippen LogP contribution >= 0.6 is 0 Å². The number of amides is 2. The molecule has 2 amide bonds. The Bertz CT molecular complexity index is 1080. The van der Waals surface area contributed by atoms with Crippen molar-refractivity contribution in [1.29, 1.82) is 0 Å². The smallest absolute Gasteiger partial charge is 0.270 e. The Morgan fingerprint density at radius 1 is 1.03 bits per heavy atom. The van der Waals surface area contributed by atoms with Gasteiger partial charge in [0.15, 0.2) is 0 Å². The van der Waals surface area contributed by atoms with Crippen molar-refractivity contribution >= 4 is 23.3 Å². The first-order valence-corrected chi connectivity index (χ1v) is 10.7. The number of nitrogens with zero attached hydrogens (tertiary/aromatic N) is 6. The summed E-state index contributed by atoms with van der Waals surface area (Å²) < 4.78 is 1.67. The Hall–Kier alpha value is -3.49. The van der Waals surface area contributed by atoms with Gasteiger partial charge in [-0.25, -0.2) is 9.97 Å². The van der Waals surface area contributed by atoms with Crippen LogP contribution in [0.15, 0.2) is 49.2 Å². The average molecular weight is 419 g/mol. The summed E-state index contributed by atoms with van der Waals surface area (Å²) in [6.45, 7) is 2.89. The minimum absolute atomic E-state index is 0.00698. The fraction of sp³-hybridized carbons (Fsp3) is 0.409. The van der Waals surface area contributed by atoms with Gasteiger partial charge in [-0.2, -0.15) is 0 Å². The van der Waals surface area contributed by atoms with Crippen LogP contribution in [0.5, 0.6) is 0 Å². The van der Waals surface area contributed by atoms with Crippen LogP contribution in [0.25, 0.3) is 5.78 Å². The van der Waals surface area contributed by atoms with Crippen molar-refractivity contribution in [3.63, 3.8) is 0 Å². The van der Waals surface area contributed by atoms with Crippen molar-refractivity contribution in [3.8, 4) is 0 Å². The van der Waals surface area contributed by atoms with E-state index in [-0.39, 0.29) is 23.8 Å². The summed E-state index contributed by atoms with van der Waals surface area (Å²) in [6.07, 6.45) is 11.1. The normalized spacial score (nSPS) is 21.4. The van der Waals surface area contributed by atoms with E-state index in [0.717, 1.165) is 44.6 Å². The predicted octanol–water partition coefficient (Wildman–Crippen LogP) is 1.37. The minimum Gasteiger partial charge on any atom is -0.371 e. The maximum Gasteiger partial charge on any atom is 0.270 e.